The Kier molecular flexibility index (Phi) is 4.52. The van der Waals surface area contributed by atoms with Crippen LogP contribution in [-0.2, 0) is 9.84 Å². The molecule has 2 saturated heterocycles. The number of carbonyl (C=O) groups excluding carboxylic acids is 1. The number of aromatic nitrogens is 1. The van der Waals surface area contributed by atoms with E-state index in [0.29, 0.717) is 30.4 Å². The van der Waals surface area contributed by atoms with E-state index in [9.17, 15) is 13.2 Å². The fourth-order valence-corrected chi connectivity index (χ4v) is 5.68. The van der Waals surface area contributed by atoms with Gasteiger partial charge in [0.15, 0.2) is 9.84 Å². The molecule has 7 nitrogen and oxygen atoms in total. The second-order valence-corrected chi connectivity index (χ2v) is 9.22. The van der Waals surface area contributed by atoms with Gasteiger partial charge in [0.2, 0.25) is 0 Å². The number of fused-ring (bicyclic) bond motifs is 1. The molecular formula is C16H24N4O3S. The van der Waals surface area contributed by atoms with E-state index in [0.717, 1.165) is 6.54 Å². The molecule has 0 radical (unpaired) electrons. The highest BCUT2D eigenvalue weighted by Gasteiger charge is 2.48. The Bertz CT molecular complexity index is 717. The van der Waals surface area contributed by atoms with Crippen molar-refractivity contribution in [3.63, 3.8) is 0 Å². The van der Waals surface area contributed by atoms with Gasteiger partial charge < -0.3 is 10.6 Å². The number of amides is 1. The van der Waals surface area contributed by atoms with Crippen LogP contribution >= 0.6 is 0 Å². The van der Waals surface area contributed by atoms with Gasteiger partial charge in [0.1, 0.15) is 5.82 Å². The van der Waals surface area contributed by atoms with Crippen molar-refractivity contribution in [1.29, 1.82) is 0 Å². The van der Waals surface area contributed by atoms with Crippen LogP contribution in [0, 0.1) is 5.92 Å². The van der Waals surface area contributed by atoms with Gasteiger partial charge in [-0.25, -0.2) is 13.4 Å². The maximum absolute atomic E-state index is 12.8. The molecule has 0 aliphatic carbocycles. The van der Waals surface area contributed by atoms with Gasteiger partial charge in [0.25, 0.3) is 5.91 Å². The first-order valence-corrected chi connectivity index (χ1v) is 10.1. The fourth-order valence-electron chi connectivity index (χ4n) is 3.67. The van der Waals surface area contributed by atoms with Crippen LogP contribution in [0.5, 0.6) is 0 Å². The lowest BCUT2D eigenvalue weighted by Gasteiger charge is -2.44. The number of anilines is 1. The predicted octanol–water partition coefficient (Wildman–Crippen LogP) is 0.243. The van der Waals surface area contributed by atoms with Crippen LogP contribution in [0.3, 0.4) is 0 Å². The molecule has 2 atom stereocenters. The molecule has 0 saturated carbocycles. The summed E-state index contributed by atoms with van der Waals surface area (Å²) in [7, 11) is -3.12. The molecule has 0 spiro atoms. The van der Waals surface area contributed by atoms with Crippen molar-refractivity contribution in [1.82, 2.24) is 14.8 Å². The molecule has 3 heterocycles. The Labute approximate surface area is 142 Å². The maximum atomic E-state index is 12.8. The van der Waals surface area contributed by atoms with E-state index in [-0.39, 0.29) is 29.5 Å². The number of pyridine rings is 1. The Morgan fingerprint density at radius 3 is 2.62 bits per heavy atom. The topological polar surface area (TPSA) is 96.6 Å². The van der Waals surface area contributed by atoms with Crippen LogP contribution in [0.15, 0.2) is 18.3 Å². The second-order valence-electron chi connectivity index (χ2n) is 7.07. The number of sulfone groups is 1. The van der Waals surface area contributed by atoms with Gasteiger partial charge in [0, 0.05) is 31.9 Å². The molecular weight excluding hydrogens is 328 g/mol. The Morgan fingerprint density at radius 1 is 1.29 bits per heavy atom. The van der Waals surface area contributed by atoms with Gasteiger partial charge in [0.05, 0.1) is 23.1 Å². The minimum atomic E-state index is -3.12. The molecule has 2 fully saturated rings. The van der Waals surface area contributed by atoms with Gasteiger partial charge >= 0.3 is 0 Å². The number of nitrogens with two attached hydrogens (primary N) is 1. The van der Waals surface area contributed by atoms with Crippen molar-refractivity contribution in [3.8, 4) is 0 Å². The summed E-state index contributed by atoms with van der Waals surface area (Å²) in [5.41, 5.74) is 6.02. The number of rotatable bonds is 3. The normalized spacial score (nSPS) is 26.5. The molecule has 2 N–H and O–H groups in total. The van der Waals surface area contributed by atoms with Crippen LogP contribution in [0.1, 0.15) is 24.2 Å². The van der Waals surface area contributed by atoms with Gasteiger partial charge in [-0.3, -0.25) is 9.69 Å². The lowest BCUT2D eigenvalue weighted by Crippen LogP contribution is -2.61. The minimum Gasteiger partial charge on any atom is -0.384 e. The molecule has 0 bridgehead atoms. The molecule has 2 aliphatic heterocycles. The zero-order valence-electron chi connectivity index (χ0n) is 14.1. The zero-order chi connectivity index (χ0) is 17.5. The smallest absolute Gasteiger partial charge is 0.255 e. The van der Waals surface area contributed by atoms with Crippen molar-refractivity contribution < 1.29 is 13.2 Å². The fraction of sp³-hybridized carbons (Fsp3) is 0.625. The largest absolute Gasteiger partial charge is 0.384 e. The molecule has 2 aliphatic rings. The number of piperazine rings is 1. The Morgan fingerprint density at radius 2 is 2.00 bits per heavy atom. The second kappa shape index (κ2) is 6.33. The summed E-state index contributed by atoms with van der Waals surface area (Å²) in [6.45, 7) is 6.32. The summed E-state index contributed by atoms with van der Waals surface area (Å²) in [4.78, 5) is 20.7. The van der Waals surface area contributed by atoms with Crippen molar-refractivity contribution in [3.05, 3.63) is 23.9 Å². The van der Waals surface area contributed by atoms with Crippen LogP contribution < -0.4 is 5.73 Å². The first kappa shape index (κ1) is 17.2. The highest BCUT2D eigenvalue weighted by molar-refractivity contribution is 7.91. The van der Waals surface area contributed by atoms with E-state index >= 15 is 0 Å². The lowest BCUT2D eigenvalue weighted by molar-refractivity contribution is 0.0297. The average molecular weight is 352 g/mol. The summed E-state index contributed by atoms with van der Waals surface area (Å²) >= 11 is 0. The van der Waals surface area contributed by atoms with E-state index in [4.69, 9.17) is 5.73 Å². The SMILES string of the molecule is CC(C)CN1CCN(C(=O)c2ccc(N)nc2)[C@@H]2CS(=O)(=O)C[C@@H]21. The highest BCUT2D eigenvalue weighted by atomic mass is 32.2. The van der Waals surface area contributed by atoms with Crippen molar-refractivity contribution in [2.24, 2.45) is 5.92 Å². The summed E-state index contributed by atoms with van der Waals surface area (Å²) in [6.07, 6.45) is 1.45. The number of nitrogens with zero attached hydrogens (tertiary/aromatic N) is 3. The Balaban J connectivity index is 1.85. The molecule has 0 aromatic carbocycles. The van der Waals surface area contributed by atoms with Crippen LogP contribution in [0.2, 0.25) is 0 Å². The van der Waals surface area contributed by atoms with Gasteiger partial charge in [-0.05, 0) is 18.1 Å². The van der Waals surface area contributed by atoms with E-state index in [1.54, 1.807) is 17.0 Å². The van der Waals surface area contributed by atoms with Gasteiger partial charge in [-0.15, -0.1) is 0 Å². The third kappa shape index (κ3) is 3.39. The number of hydrogen-bond donors (Lipinski definition) is 1. The van der Waals surface area contributed by atoms with Crippen molar-refractivity contribution >= 4 is 21.6 Å². The molecule has 1 aromatic rings. The van der Waals surface area contributed by atoms with E-state index in [1.807, 2.05) is 0 Å². The van der Waals surface area contributed by atoms with Crippen molar-refractivity contribution in [2.45, 2.75) is 25.9 Å². The monoisotopic (exact) mass is 352 g/mol. The van der Waals surface area contributed by atoms with Crippen LogP contribution in [-0.4, -0.2) is 72.3 Å². The first-order valence-electron chi connectivity index (χ1n) is 8.24. The van der Waals surface area contributed by atoms with Crippen molar-refractivity contribution in [2.75, 3.05) is 36.9 Å². The third-order valence-electron chi connectivity index (χ3n) is 4.68. The summed E-state index contributed by atoms with van der Waals surface area (Å²) in [5.74, 6) is 0.820. The quantitative estimate of drug-likeness (QED) is 0.837. The highest BCUT2D eigenvalue weighted by Crippen LogP contribution is 2.28. The molecule has 132 valence electrons. The maximum Gasteiger partial charge on any atom is 0.255 e. The standard InChI is InChI=1S/C16H24N4O3S/c1-11(2)8-19-5-6-20(14-10-24(22,23)9-13(14)19)16(21)12-3-4-15(17)18-7-12/h3-4,7,11,13-14H,5-6,8-10H2,1-2H3,(H2,17,18)/t13-,14+/m0/s1. The number of hydrogen-bond acceptors (Lipinski definition) is 6. The zero-order valence-corrected chi connectivity index (χ0v) is 14.9. The molecule has 1 aromatic heterocycles. The minimum absolute atomic E-state index is 0.0421. The number of nitrogen functional groups attached to an aromatic ring is 1. The lowest BCUT2D eigenvalue weighted by atomic mass is 10.0. The molecule has 0 unspecified atom stereocenters. The number of carbonyl (C=O) groups is 1. The first-order chi connectivity index (χ1) is 11.3. The summed E-state index contributed by atoms with van der Waals surface area (Å²) in [5, 5.41) is 0. The molecule has 24 heavy (non-hydrogen) atoms. The van der Waals surface area contributed by atoms with Gasteiger partial charge in [-0.2, -0.15) is 0 Å². The van der Waals surface area contributed by atoms with Gasteiger partial charge in [-0.1, -0.05) is 13.8 Å². The molecule has 1 amide bonds. The molecule has 3 rings (SSSR count). The molecule has 8 heteroatoms. The predicted molar refractivity (Wildman–Crippen MR) is 92.3 cm³/mol. The van der Waals surface area contributed by atoms with Crippen LogP contribution in [0.25, 0.3) is 0 Å². The van der Waals surface area contributed by atoms with E-state index < -0.39 is 9.84 Å². The van der Waals surface area contributed by atoms with Crippen LogP contribution in [0.4, 0.5) is 5.82 Å². The summed E-state index contributed by atoms with van der Waals surface area (Å²) in [6, 6.07) is 2.83. The average Bonchev–Trinajstić information content (AvgIpc) is 2.83. The third-order valence-corrected chi connectivity index (χ3v) is 6.38. The van der Waals surface area contributed by atoms with E-state index in [1.165, 1.54) is 6.20 Å². The van der Waals surface area contributed by atoms with E-state index in [2.05, 4.69) is 23.7 Å². The summed E-state index contributed by atoms with van der Waals surface area (Å²) < 4.78 is 24.4. The Hall–Kier alpha value is -1.67.